The number of hydrogen-bond acceptors (Lipinski definition) is 4. The lowest BCUT2D eigenvalue weighted by molar-refractivity contribution is -0.121. The predicted octanol–water partition coefficient (Wildman–Crippen LogP) is 3.28. The van der Waals surface area contributed by atoms with Gasteiger partial charge in [0.2, 0.25) is 5.91 Å². The predicted molar refractivity (Wildman–Crippen MR) is 111 cm³/mol. The molecular weight excluding hydrogens is 370 g/mol. The average molecular weight is 395 g/mol. The van der Waals surface area contributed by atoms with Gasteiger partial charge in [0.05, 0.1) is 20.1 Å². The van der Waals surface area contributed by atoms with Gasteiger partial charge in [0, 0.05) is 22.2 Å². The zero-order valence-electron chi connectivity index (χ0n) is 16.8. The number of H-pyrrole nitrogens is 1. The van der Waals surface area contributed by atoms with Gasteiger partial charge in [-0.25, -0.2) is 0 Å². The zero-order valence-corrected chi connectivity index (χ0v) is 16.8. The molecule has 0 radical (unpaired) electrons. The molecule has 0 spiro atoms. The molecule has 7 nitrogen and oxygen atoms in total. The fourth-order valence-corrected chi connectivity index (χ4v) is 3.11. The van der Waals surface area contributed by atoms with E-state index in [9.17, 15) is 9.59 Å². The highest BCUT2D eigenvalue weighted by Crippen LogP contribution is 2.28. The van der Waals surface area contributed by atoms with Crippen LogP contribution >= 0.6 is 0 Å². The Bertz CT molecular complexity index is 1030. The molecule has 0 aliphatic heterocycles. The number of rotatable bonds is 7. The summed E-state index contributed by atoms with van der Waals surface area (Å²) in [4.78, 5) is 28.0. The van der Waals surface area contributed by atoms with Crippen LogP contribution in [-0.4, -0.2) is 30.5 Å². The van der Waals surface area contributed by atoms with Crippen LogP contribution in [0.5, 0.6) is 11.5 Å². The van der Waals surface area contributed by atoms with E-state index >= 15 is 0 Å². The van der Waals surface area contributed by atoms with Crippen LogP contribution in [0.1, 0.15) is 35.0 Å². The Morgan fingerprint density at radius 1 is 1.07 bits per heavy atom. The topological polar surface area (TPSA) is 92.5 Å². The number of aryl methyl sites for hydroxylation is 1. The smallest absolute Gasteiger partial charge is 0.269 e. The number of fused-ring (bicyclic) bond motifs is 1. The Morgan fingerprint density at radius 3 is 2.62 bits per heavy atom. The van der Waals surface area contributed by atoms with Crippen molar-refractivity contribution in [2.24, 2.45) is 0 Å². The van der Waals surface area contributed by atoms with Crippen LogP contribution in [0.3, 0.4) is 0 Å². The molecule has 2 aromatic carbocycles. The third kappa shape index (κ3) is 4.68. The maximum absolute atomic E-state index is 12.4. The van der Waals surface area contributed by atoms with Gasteiger partial charge in [0.25, 0.3) is 5.91 Å². The van der Waals surface area contributed by atoms with Crippen molar-refractivity contribution in [2.75, 3.05) is 13.7 Å². The summed E-state index contributed by atoms with van der Waals surface area (Å²) in [6, 6.07) is 12.7. The maximum atomic E-state index is 12.4. The molecule has 0 unspecified atom stereocenters. The molecule has 3 N–H and O–H groups in total. The Labute approximate surface area is 169 Å². The van der Waals surface area contributed by atoms with Crippen molar-refractivity contribution in [2.45, 2.75) is 26.7 Å². The second-order valence-electron chi connectivity index (χ2n) is 6.67. The highest BCUT2D eigenvalue weighted by atomic mass is 16.5. The number of hydrogen-bond donors (Lipinski definition) is 3. The lowest BCUT2D eigenvalue weighted by atomic mass is 10.1. The van der Waals surface area contributed by atoms with Gasteiger partial charge < -0.3 is 14.5 Å². The summed E-state index contributed by atoms with van der Waals surface area (Å²) in [6.07, 6.45) is 1.02. The van der Waals surface area contributed by atoms with Gasteiger partial charge in [-0.3, -0.25) is 20.4 Å². The Kier molecular flexibility index (Phi) is 6.39. The minimum atomic E-state index is -0.436. The highest BCUT2D eigenvalue weighted by molar-refractivity contribution is 5.96. The molecule has 0 fully saturated rings. The largest absolute Gasteiger partial charge is 0.493 e. The molecule has 0 saturated heterocycles. The molecule has 0 bridgehead atoms. The minimum absolute atomic E-state index is 0.156. The second kappa shape index (κ2) is 9.14. The van der Waals surface area contributed by atoms with E-state index in [0.29, 0.717) is 23.7 Å². The van der Waals surface area contributed by atoms with E-state index in [1.165, 1.54) is 7.11 Å². The first kappa shape index (κ1) is 20.3. The number of aromatic amines is 1. The van der Waals surface area contributed by atoms with Crippen molar-refractivity contribution in [1.29, 1.82) is 0 Å². The van der Waals surface area contributed by atoms with Crippen LogP contribution in [0.4, 0.5) is 0 Å². The molecule has 0 atom stereocenters. The van der Waals surface area contributed by atoms with Gasteiger partial charge in [-0.15, -0.1) is 0 Å². The van der Waals surface area contributed by atoms with E-state index in [1.54, 1.807) is 18.2 Å². The number of para-hydroxylation sites is 1. The molecule has 0 aliphatic rings. The first-order valence-corrected chi connectivity index (χ1v) is 9.49. The maximum Gasteiger partial charge on any atom is 0.269 e. The summed E-state index contributed by atoms with van der Waals surface area (Å²) < 4.78 is 10.9. The van der Waals surface area contributed by atoms with Crippen molar-refractivity contribution in [3.63, 3.8) is 0 Å². The van der Waals surface area contributed by atoms with E-state index in [1.807, 2.05) is 38.1 Å². The number of carbonyl (C=O) groups is 2. The van der Waals surface area contributed by atoms with E-state index < -0.39 is 5.91 Å². The standard InChI is InChI=1S/C22H25N3O4/c1-4-11-29-19-10-9-15(12-20(19)28-3)22(27)25-24-21(26)13-17-14(2)23-18-8-6-5-7-16(17)18/h5-10,12,23H,4,11,13H2,1-3H3,(H,24,26)(H,25,27). The number of hydrazine groups is 1. The fraction of sp³-hybridized carbons (Fsp3) is 0.273. The van der Waals surface area contributed by atoms with Crippen molar-refractivity contribution in [3.05, 3.63) is 59.3 Å². The Hall–Kier alpha value is -3.48. The van der Waals surface area contributed by atoms with Gasteiger partial charge in [-0.1, -0.05) is 25.1 Å². The minimum Gasteiger partial charge on any atom is -0.493 e. The normalized spacial score (nSPS) is 10.6. The molecule has 7 heteroatoms. The third-order valence-corrected chi connectivity index (χ3v) is 4.57. The number of nitrogens with one attached hydrogen (secondary N) is 3. The Morgan fingerprint density at radius 2 is 1.86 bits per heavy atom. The van der Waals surface area contributed by atoms with Crippen molar-refractivity contribution in [1.82, 2.24) is 15.8 Å². The molecule has 152 valence electrons. The summed E-state index contributed by atoms with van der Waals surface area (Å²) in [6.45, 7) is 4.50. The van der Waals surface area contributed by atoms with Gasteiger partial charge in [-0.05, 0) is 43.2 Å². The first-order chi connectivity index (χ1) is 14.0. The number of amides is 2. The van der Waals surface area contributed by atoms with Crippen LogP contribution in [0.15, 0.2) is 42.5 Å². The van der Waals surface area contributed by atoms with Crippen molar-refractivity contribution >= 4 is 22.7 Å². The molecule has 1 aromatic heterocycles. The van der Waals surface area contributed by atoms with Crippen LogP contribution in [0.2, 0.25) is 0 Å². The van der Waals surface area contributed by atoms with Gasteiger partial charge >= 0.3 is 0 Å². The van der Waals surface area contributed by atoms with E-state index in [0.717, 1.165) is 28.6 Å². The molecule has 3 rings (SSSR count). The lowest BCUT2D eigenvalue weighted by Gasteiger charge is -2.12. The van der Waals surface area contributed by atoms with Gasteiger partial charge in [0.15, 0.2) is 11.5 Å². The summed E-state index contributed by atoms with van der Waals surface area (Å²) in [7, 11) is 1.52. The van der Waals surface area contributed by atoms with Crippen LogP contribution in [0, 0.1) is 6.92 Å². The highest BCUT2D eigenvalue weighted by Gasteiger charge is 2.15. The SMILES string of the molecule is CCCOc1ccc(C(=O)NNC(=O)Cc2c(C)[nH]c3ccccc23)cc1OC. The summed E-state index contributed by atoms with van der Waals surface area (Å²) in [5, 5.41) is 0.999. The third-order valence-electron chi connectivity index (χ3n) is 4.57. The van der Waals surface area contributed by atoms with Gasteiger partial charge in [-0.2, -0.15) is 0 Å². The first-order valence-electron chi connectivity index (χ1n) is 9.49. The monoisotopic (exact) mass is 395 g/mol. The second-order valence-corrected chi connectivity index (χ2v) is 6.67. The molecule has 1 heterocycles. The van der Waals surface area contributed by atoms with Crippen LogP contribution < -0.4 is 20.3 Å². The lowest BCUT2D eigenvalue weighted by Crippen LogP contribution is -2.42. The molecule has 29 heavy (non-hydrogen) atoms. The molecular formula is C22H25N3O4. The fourth-order valence-electron chi connectivity index (χ4n) is 3.11. The van der Waals surface area contributed by atoms with E-state index in [2.05, 4.69) is 15.8 Å². The number of aromatic nitrogens is 1. The molecule has 0 aliphatic carbocycles. The quantitative estimate of drug-likeness (QED) is 0.535. The van der Waals surface area contributed by atoms with E-state index in [-0.39, 0.29) is 12.3 Å². The summed E-state index contributed by atoms with van der Waals surface area (Å²) in [5.74, 6) is 0.298. The molecule has 0 saturated carbocycles. The number of ether oxygens (including phenoxy) is 2. The number of methoxy groups -OCH3 is 1. The number of carbonyl (C=O) groups excluding carboxylic acids is 2. The van der Waals surface area contributed by atoms with E-state index in [4.69, 9.17) is 9.47 Å². The Balaban J connectivity index is 1.62. The van der Waals surface area contributed by atoms with Crippen LogP contribution in [-0.2, 0) is 11.2 Å². The van der Waals surface area contributed by atoms with Gasteiger partial charge in [0.1, 0.15) is 0 Å². The summed E-state index contributed by atoms with van der Waals surface area (Å²) in [5.41, 5.74) is 8.10. The zero-order chi connectivity index (χ0) is 20.8. The molecule has 2 amide bonds. The molecule has 3 aromatic rings. The van der Waals surface area contributed by atoms with Crippen LogP contribution in [0.25, 0.3) is 10.9 Å². The van der Waals surface area contributed by atoms with Crippen molar-refractivity contribution in [3.8, 4) is 11.5 Å². The summed E-state index contributed by atoms with van der Waals surface area (Å²) >= 11 is 0. The number of benzene rings is 2. The van der Waals surface area contributed by atoms with Crippen molar-refractivity contribution < 1.29 is 19.1 Å². The average Bonchev–Trinajstić information content (AvgIpc) is 3.05.